The van der Waals surface area contributed by atoms with Crippen LogP contribution < -0.4 is 5.32 Å². The predicted octanol–water partition coefficient (Wildman–Crippen LogP) is 25.6. The predicted molar refractivity (Wildman–Crippen MR) is 388 cm³/mol. The molecule has 0 aromatic heterocycles. The van der Waals surface area contributed by atoms with E-state index in [0.29, 0.717) is 23.9 Å². The molecule has 0 saturated heterocycles. The highest BCUT2D eigenvalue weighted by atomic mass is 31.2. The first-order valence-corrected chi connectivity index (χ1v) is 41.2. The summed E-state index contributed by atoms with van der Waals surface area (Å²) < 4.78 is 30.9. The van der Waals surface area contributed by atoms with E-state index in [1.807, 2.05) is 27.2 Å². The van der Waals surface area contributed by atoms with Gasteiger partial charge in [0.15, 0.2) is 0 Å². The van der Waals surface area contributed by atoms with Crippen LogP contribution in [-0.2, 0) is 27.9 Å². The van der Waals surface area contributed by atoms with Crippen LogP contribution in [0.25, 0.3) is 0 Å². The molecule has 0 heterocycles. The number of quaternary nitrogens is 1. The molecule has 0 saturated carbocycles. The number of amides is 1. The zero-order valence-electron chi connectivity index (χ0n) is 60.7. The number of hydrogen-bond acceptors (Lipinski definition) is 6. The van der Waals surface area contributed by atoms with Gasteiger partial charge in [-0.25, -0.2) is 4.57 Å². The van der Waals surface area contributed by atoms with Crippen LogP contribution in [-0.4, -0.2) is 74.3 Å². The number of phosphoric ester groups is 1. The van der Waals surface area contributed by atoms with Gasteiger partial charge in [0.25, 0.3) is 0 Å². The molecule has 0 aromatic carbocycles. The van der Waals surface area contributed by atoms with Gasteiger partial charge in [-0.05, 0) is 57.4 Å². The molecule has 0 aromatic rings. The van der Waals surface area contributed by atoms with Gasteiger partial charge in [0.2, 0.25) is 5.91 Å². The van der Waals surface area contributed by atoms with E-state index in [4.69, 9.17) is 13.8 Å². The Hall–Kier alpha value is -1.51. The zero-order chi connectivity index (χ0) is 64.9. The molecule has 3 unspecified atom stereocenters. The number of ether oxygens (including phenoxy) is 1. The fourth-order valence-electron chi connectivity index (χ4n) is 12.3. The van der Waals surface area contributed by atoms with Crippen molar-refractivity contribution in [2.45, 2.75) is 431 Å². The topological polar surface area (TPSA) is 111 Å². The van der Waals surface area contributed by atoms with Crippen molar-refractivity contribution in [1.82, 2.24) is 5.32 Å². The molecule has 0 aliphatic heterocycles. The van der Waals surface area contributed by atoms with Crippen molar-refractivity contribution >= 4 is 19.7 Å². The SMILES string of the molecule is CCCCCCCC/C=C/CCCCCCCCCCCCCCCCCCCC(=O)OC(/C=C/CCCCCCCCCCC)C(COP(=O)(O)OCC[N+](C)(C)C)NC(=O)CCCCCCCCCCCCCCCCCCCCCCCCCCC. The summed E-state index contributed by atoms with van der Waals surface area (Å²) in [6, 6.07) is -0.843. The first-order chi connectivity index (χ1) is 43.4. The van der Waals surface area contributed by atoms with E-state index in [9.17, 15) is 19.0 Å². The molecule has 9 nitrogen and oxygen atoms in total. The Labute approximate surface area is 555 Å². The third kappa shape index (κ3) is 70.6. The van der Waals surface area contributed by atoms with Gasteiger partial charge in [-0.2, -0.15) is 0 Å². The van der Waals surface area contributed by atoms with Gasteiger partial charge < -0.3 is 19.4 Å². The summed E-state index contributed by atoms with van der Waals surface area (Å²) in [6.45, 7) is 7.09. The summed E-state index contributed by atoms with van der Waals surface area (Å²) in [5.74, 6) is -0.477. The number of hydrogen-bond donors (Lipinski definition) is 2. The Kier molecular flexibility index (Phi) is 68.1. The van der Waals surface area contributed by atoms with Gasteiger partial charge >= 0.3 is 13.8 Å². The van der Waals surface area contributed by atoms with Gasteiger partial charge in [0.1, 0.15) is 19.3 Å². The maximum absolute atomic E-state index is 13.6. The lowest BCUT2D eigenvalue weighted by molar-refractivity contribution is -0.870. The Morgan fingerprint density at radius 2 is 0.652 bits per heavy atom. The molecule has 89 heavy (non-hydrogen) atoms. The molecule has 10 heteroatoms. The number of unbranched alkanes of at least 4 members (excludes halogenated alkanes) is 56. The van der Waals surface area contributed by atoms with E-state index < -0.39 is 20.0 Å². The Balaban J connectivity index is 4.84. The van der Waals surface area contributed by atoms with Crippen LogP contribution in [0.15, 0.2) is 24.3 Å². The van der Waals surface area contributed by atoms with Gasteiger partial charge in [-0.15, -0.1) is 0 Å². The largest absolute Gasteiger partial charge is 0.472 e. The molecule has 0 radical (unpaired) electrons. The number of phosphoric acid groups is 1. The quantitative estimate of drug-likeness (QED) is 0.0205. The van der Waals surface area contributed by atoms with Crippen LogP contribution in [0.3, 0.4) is 0 Å². The van der Waals surface area contributed by atoms with Crippen LogP contribution in [0.2, 0.25) is 0 Å². The normalized spacial score (nSPS) is 13.5. The van der Waals surface area contributed by atoms with E-state index in [2.05, 4.69) is 44.3 Å². The summed E-state index contributed by atoms with van der Waals surface area (Å²) in [6.07, 6.45) is 86.5. The molecule has 0 aliphatic rings. The lowest BCUT2D eigenvalue weighted by Gasteiger charge is -2.27. The minimum Gasteiger partial charge on any atom is -0.456 e. The molecule has 0 fully saturated rings. The minimum absolute atomic E-state index is 0.0451. The highest BCUT2D eigenvalue weighted by Crippen LogP contribution is 2.43. The number of nitrogens with one attached hydrogen (secondary N) is 1. The summed E-state index contributed by atoms with van der Waals surface area (Å²) in [4.78, 5) is 38.0. The number of carbonyl (C=O) groups excluding carboxylic acids is 2. The van der Waals surface area contributed by atoms with Crippen LogP contribution >= 0.6 is 7.82 Å². The molecule has 3 atom stereocenters. The summed E-state index contributed by atoms with van der Waals surface area (Å²) >= 11 is 0. The van der Waals surface area contributed by atoms with Gasteiger partial charge in [0.05, 0.1) is 33.8 Å². The first-order valence-electron chi connectivity index (χ1n) is 39.7. The van der Waals surface area contributed by atoms with Crippen LogP contribution in [0.5, 0.6) is 0 Å². The second-order valence-electron chi connectivity index (χ2n) is 28.6. The number of likely N-dealkylation sites (N-methyl/N-ethyl adjacent to an activating group) is 1. The highest BCUT2D eigenvalue weighted by Gasteiger charge is 2.30. The second kappa shape index (κ2) is 69.3. The van der Waals surface area contributed by atoms with E-state index in [1.54, 1.807) is 0 Å². The summed E-state index contributed by atoms with van der Waals surface area (Å²) in [7, 11) is 1.52. The van der Waals surface area contributed by atoms with E-state index >= 15 is 0 Å². The third-order valence-corrected chi connectivity index (χ3v) is 19.4. The maximum Gasteiger partial charge on any atom is 0.472 e. The number of rotatable bonds is 74. The molecule has 0 rings (SSSR count). The van der Waals surface area contributed by atoms with Crippen molar-refractivity contribution in [2.75, 3.05) is 40.9 Å². The molecule has 1 amide bonds. The van der Waals surface area contributed by atoms with Gasteiger partial charge in [0, 0.05) is 12.8 Å². The average Bonchev–Trinajstić information content (AvgIpc) is 3.71. The lowest BCUT2D eigenvalue weighted by atomic mass is 10.0. The molecule has 528 valence electrons. The molecular formula is C79H156N2O7P+. The highest BCUT2D eigenvalue weighted by molar-refractivity contribution is 7.47. The molecular weight excluding hydrogens is 1120 g/mol. The van der Waals surface area contributed by atoms with Crippen molar-refractivity contribution in [2.24, 2.45) is 0 Å². The van der Waals surface area contributed by atoms with Crippen LogP contribution in [0, 0.1) is 0 Å². The zero-order valence-corrected chi connectivity index (χ0v) is 61.6. The standard InChI is InChI=1S/C79H155N2O7P/c1-7-10-13-16-19-22-25-27-29-31-33-35-37-39-40-42-44-46-48-50-52-54-57-60-63-66-69-72-79(83)88-77(70-67-64-61-58-55-24-21-18-15-12-9-3)76(75-87-89(84,85)86-74-73-81(4,5)6)80-78(82)71-68-65-62-59-56-53-51-49-47-45-43-41-38-36-34-32-30-28-26-23-20-17-14-11-8-2/h27,29,67,70,76-77H,7-26,28,30-66,68-69,71-75H2,1-6H3,(H-,80,82,84,85)/p+1/b29-27+,70-67+. The summed E-state index contributed by atoms with van der Waals surface area (Å²) in [5, 5.41) is 3.09. The number of esters is 1. The molecule has 0 spiro atoms. The molecule has 2 N–H and O–H groups in total. The lowest BCUT2D eigenvalue weighted by Crippen LogP contribution is -2.47. The number of carbonyl (C=O) groups is 2. The van der Waals surface area contributed by atoms with Crippen molar-refractivity contribution < 1.29 is 37.3 Å². The minimum atomic E-state index is -4.45. The second-order valence-corrected chi connectivity index (χ2v) is 30.1. The smallest absolute Gasteiger partial charge is 0.456 e. The van der Waals surface area contributed by atoms with Crippen molar-refractivity contribution in [3.05, 3.63) is 24.3 Å². The van der Waals surface area contributed by atoms with Crippen molar-refractivity contribution in [1.29, 1.82) is 0 Å². The van der Waals surface area contributed by atoms with Crippen LogP contribution in [0.1, 0.15) is 419 Å². The number of nitrogens with zero attached hydrogens (tertiary/aromatic N) is 1. The van der Waals surface area contributed by atoms with E-state index in [-0.39, 0.29) is 25.1 Å². The van der Waals surface area contributed by atoms with E-state index in [0.717, 1.165) is 57.8 Å². The maximum atomic E-state index is 13.6. The molecule has 0 aliphatic carbocycles. The van der Waals surface area contributed by atoms with Gasteiger partial charge in [-0.3, -0.25) is 18.6 Å². The Morgan fingerprint density at radius 1 is 0.382 bits per heavy atom. The van der Waals surface area contributed by atoms with Crippen molar-refractivity contribution in [3.8, 4) is 0 Å². The Bertz CT molecular complexity index is 1570. The third-order valence-electron chi connectivity index (χ3n) is 18.4. The van der Waals surface area contributed by atoms with Crippen LogP contribution in [0.4, 0.5) is 0 Å². The average molecular weight is 1280 g/mol. The van der Waals surface area contributed by atoms with E-state index in [1.165, 1.54) is 327 Å². The van der Waals surface area contributed by atoms with Gasteiger partial charge in [-0.1, -0.05) is 373 Å². The first kappa shape index (κ1) is 87.5. The molecule has 0 bridgehead atoms. The number of allylic oxidation sites excluding steroid dienone is 3. The fraction of sp³-hybridized carbons (Fsp3) is 0.924. The fourth-order valence-corrected chi connectivity index (χ4v) is 13.0. The monoisotopic (exact) mass is 1280 g/mol. The van der Waals surface area contributed by atoms with Crippen molar-refractivity contribution in [3.63, 3.8) is 0 Å². The summed E-state index contributed by atoms with van der Waals surface area (Å²) in [5.41, 5.74) is 0. The Morgan fingerprint density at radius 3 is 0.955 bits per heavy atom.